The first-order valence-corrected chi connectivity index (χ1v) is 24.5. The maximum Gasteiger partial charge on any atom is 0.0841 e. The van der Waals surface area contributed by atoms with Gasteiger partial charge in [0.25, 0.3) is 0 Å². The van der Waals surface area contributed by atoms with Crippen LogP contribution in [0.15, 0.2) is 0 Å². The van der Waals surface area contributed by atoms with Crippen LogP contribution < -0.4 is 0 Å². The molecule has 0 aliphatic heterocycles. The molecule has 316 valence electrons. The van der Waals surface area contributed by atoms with E-state index >= 15 is 0 Å². The SMILES string of the molecule is CCC(CSC)OC.CCCCCCCCCC.CCCCCCCCCC.CCCCCCCCCC.COC(CCl)CCl.COC1CCC1. The van der Waals surface area contributed by atoms with Gasteiger partial charge in [-0.05, 0) is 31.9 Å². The number of unbranched alkanes of at least 4 members (excludes halogenated alkanes) is 21. The zero-order chi connectivity index (χ0) is 39.5. The van der Waals surface area contributed by atoms with Gasteiger partial charge in [-0.1, -0.05) is 203 Å². The Morgan fingerprint density at radius 3 is 0.824 bits per heavy atom. The number of rotatable bonds is 29. The number of halogens is 2. The highest BCUT2D eigenvalue weighted by Gasteiger charge is 2.14. The van der Waals surface area contributed by atoms with Crippen molar-refractivity contribution in [2.45, 2.75) is 247 Å². The Balaban J connectivity index is -0.000000167. The zero-order valence-electron chi connectivity index (χ0n) is 37.0. The molecule has 0 aromatic carbocycles. The lowest BCUT2D eigenvalue weighted by Crippen LogP contribution is -2.18. The first-order valence-electron chi connectivity index (χ1n) is 22.1. The molecule has 1 saturated carbocycles. The molecule has 1 atom stereocenters. The Bertz CT molecular complexity index is 434. The molecule has 1 rings (SSSR count). The summed E-state index contributed by atoms with van der Waals surface area (Å²) in [7, 11) is 5.14. The van der Waals surface area contributed by atoms with Crippen molar-refractivity contribution in [2.75, 3.05) is 45.1 Å². The van der Waals surface area contributed by atoms with Gasteiger partial charge in [-0.3, -0.25) is 0 Å². The fraction of sp³-hybridized carbons (Fsp3) is 1.00. The average molecular weight is 790 g/mol. The fourth-order valence-electron chi connectivity index (χ4n) is 4.93. The summed E-state index contributed by atoms with van der Waals surface area (Å²) in [6.07, 6.45) is 42.6. The second-order valence-electron chi connectivity index (χ2n) is 14.0. The van der Waals surface area contributed by atoms with Crippen molar-refractivity contribution in [3.05, 3.63) is 0 Å². The van der Waals surface area contributed by atoms with Crippen molar-refractivity contribution in [2.24, 2.45) is 0 Å². The Morgan fingerprint density at radius 1 is 0.471 bits per heavy atom. The Hall–Kier alpha value is 0.810. The largest absolute Gasteiger partial charge is 0.381 e. The van der Waals surface area contributed by atoms with Crippen molar-refractivity contribution >= 4 is 35.0 Å². The lowest BCUT2D eigenvalue weighted by atomic mass is 9.96. The molecule has 0 amide bonds. The van der Waals surface area contributed by atoms with Crippen LogP contribution in [0.1, 0.15) is 228 Å². The monoisotopic (exact) mass is 789 g/mol. The molecule has 1 aliphatic rings. The number of alkyl halides is 2. The second kappa shape index (κ2) is 62.8. The number of hydrogen-bond acceptors (Lipinski definition) is 4. The van der Waals surface area contributed by atoms with Gasteiger partial charge in [0.2, 0.25) is 0 Å². The molecule has 1 unspecified atom stereocenters. The first kappa shape index (κ1) is 61.0. The molecule has 0 radical (unpaired) electrons. The Morgan fingerprint density at radius 2 is 0.745 bits per heavy atom. The highest BCUT2D eigenvalue weighted by molar-refractivity contribution is 7.98. The van der Waals surface area contributed by atoms with Crippen molar-refractivity contribution in [3.63, 3.8) is 0 Å². The molecule has 1 aliphatic carbocycles. The van der Waals surface area contributed by atoms with Crippen molar-refractivity contribution in [1.82, 2.24) is 0 Å². The minimum atomic E-state index is 0.0170. The number of ether oxygens (including phenoxy) is 3. The molecule has 6 heteroatoms. The number of hydrogen-bond donors (Lipinski definition) is 0. The maximum absolute atomic E-state index is 5.36. The summed E-state index contributed by atoms with van der Waals surface area (Å²) >= 11 is 12.6. The normalized spacial score (nSPS) is 12.4. The highest BCUT2D eigenvalue weighted by Crippen LogP contribution is 2.20. The van der Waals surface area contributed by atoms with Crippen LogP contribution in [-0.4, -0.2) is 63.4 Å². The van der Waals surface area contributed by atoms with Crippen molar-refractivity contribution in [1.29, 1.82) is 0 Å². The molecule has 1 fully saturated rings. The van der Waals surface area contributed by atoms with E-state index in [1.54, 1.807) is 21.3 Å². The van der Waals surface area contributed by atoms with Crippen LogP contribution in [0.4, 0.5) is 0 Å². The molecule has 3 nitrogen and oxygen atoms in total. The number of methoxy groups -OCH3 is 3. The van der Waals surface area contributed by atoms with Crippen LogP contribution in [0.3, 0.4) is 0 Å². The lowest BCUT2D eigenvalue weighted by molar-refractivity contribution is 0.0412. The standard InChI is InChI=1S/3C10H22.C6H14OS.C5H10O.C4H8Cl2O/c3*1-3-5-7-9-10-8-6-4-2;1-4-6(7-2)5-8-3;1-6-5-3-2-4-5;1-7-4(2-5)3-6/h3*3-10H2,1-2H3;6H,4-5H2,1-3H3;5H,2-4H2,1H3;4H,2-3H2,1H3. The number of thioether (sulfide) groups is 1. The van der Waals surface area contributed by atoms with Crippen molar-refractivity contribution in [3.8, 4) is 0 Å². The zero-order valence-corrected chi connectivity index (χ0v) is 39.4. The van der Waals surface area contributed by atoms with Crippen LogP contribution in [-0.2, 0) is 14.2 Å². The van der Waals surface area contributed by atoms with E-state index in [1.807, 2.05) is 11.8 Å². The molecular weight excluding hydrogens is 691 g/mol. The Labute approximate surface area is 339 Å². The van der Waals surface area contributed by atoms with E-state index in [-0.39, 0.29) is 6.10 Å². The maximum atomic E-state index is 5.36. The summed E-state index contributed by atoms with van der Waals surface area (Å²) in [5.41, 5.74) is 0. The summed E-state index contributed by atoms with van der Waals surface area (Å²) in [5, 5.41) is 0. The van der Waals surface area contributed by atoms with E-state index in [0.29, 0.717) is 24.0 Å². The van der Waals surface area contributed by atoms with Crippen LogP contribution in [0, 0.1) is 0 Å². The van der Waals surface area contributed by atoms with Crippen LogP contribution in [0.25, 0.3) is 0 Å². The summed E-state index contributed by atoms with van der Waals surface area (Å²) in [4.78, 5) is 0. The second-order valence-corrected chi connectivity index (χ2v) is 15.6. The van der Waals surface area contributed by atoms with Gasteiger partial charge in [0.15, 0.2) is 0 Å². The summed E-state index contributed by atoms with van der Waals surface area (Å²) in [5.74, 6) is 2.06. The van der Waals surface area contributed by atoms with E-state index in [9.17, 15) is 0 Å². The predicted octanol–water partition coefficient (Wildman–Crippen LogP) is 16.9. The van der Waals surface area contributed by atoms with E-state index in [4.69, 9.17) is 37.4 Å². The molecule has 51 heavy (non-hydrogen) atoms. The van der Waals surface area contributed by atoms with Crippen LogP contribution in [0.2, 0.25) is 0 Å². The van der Waals surface area contributed by atoms with E-state index in [1.165, 1.54) is 173 Å². The quantitative estimate of drug-likeness (QED) is 0.0557. The Kier molecular flexibility index (Phi) is 75.1. The molecule has 0 saturated heterocycles. The summed E-state index contributed by atoms with van der Waals surface area (Å²) in [6, 6.07) is 0. The molecule has 0 bridgehead atoms. The van der Waals surface area contributed by atoms with Gasteiger partial charge in [0, 0.05) is 38.8 Å². The minimum Gasteiger partial charge on any atom is -0.381 e. The predicted molar refractivity (Wildman–Crippen MR) is 241 cm³/mol. The smallest absolute Gasteiger partial charge is 0.0841 e. The molecule has 0 spiro atoms. The molecule has 0 heterocycles. The van der Waals surface area contributed by atoms with Gasteiger partial charge in [-0.2, -0.15) is 11.8 Å². The summed E-state index contributed by atoms with van der Waals surface area (Å²) < 4.78 is 14.9. The van der Waals surface area contributed by atoms with Crippen molar-refractivity contribution < 1.29 is 14.2 Å². The lowest BCUT2D eigenvalue weighted by Gasteiger charge is -2.22. The molecular formula is C45H98Cl2O3S. The van der Waals surface area contributed by atoms with Gasteiger partial charge >= 0.3 is 0 Å². The summed E-state index contributed by atoms with van der Waals surface area (Å²) in [6.45, 7) is 15.8. The van der Waals surface area contributed by atoms with Gasteiger partial charge < -0.3 is 14.2 Å². The van der Waals surface area contributed by atoms with Gasteiger partial charge in [0.05, 0.1) is 18.3 Å². The fourth-order valence-corrected chi connectivity index (χ4v) is 6.26. The van der Waals surface area contributed by atoms with Gasteiger partial charge in [-0.15, -0.1) is 23.2 Å². The first-order chi connectivity index (χ1) is 24.9. The minimum absolute atomic E-state index is 0.0170. The average Bonchev–Trinajstić information content (AvgIpc) is 3.13. The highest BCUT2D eigenvalue weighted by atomic mass is 35.5. The third-order valence-electron chi connectivity index (χ3n) is 9.08. The molecule has 0 N–H and O–H groups in total. The molecule has 0 aromatic rings. The van der Waals surface area contributed by atoms with E-state index in [0.717, 1.165) is 12.2 Å². The van der Waals surface area contributed by atoms with Gasteiger partial charge in [0.1, 0.15) is 0 Å². The van der Waals surface area contributed by atoms with Crippen LogP contribution >= 0.6 is 35.0 Å². The van der Waals surface area contributed by atoms with E-state index in [2.05, 4.69) is 54.7 Å². The topological polar surface area (TPSA) is 27.7 Å². The third-order valence-corrected chi connectivity index (χ3v) is 10.5. The van der Waals surface area contributed by atoms with E-state index < -0.39 is 0 Å². The van der Waals surface area contributed by atoms with Crippen LogP contribution in [0.5, 0.6) is 0 Å². The third kappa shape index (κ3) is 66.1. The molecule has 0 aromatic heterocycles. The van der Waals surface area contributed by atoms with Gasteiger partial charge in [-0.25, -0.2) is 0 Å².